The lowest BCUT2D eigenvalue weighted by molar-refractivity contribution is -0.0211. The molecule has 4 heteroatoms. The van der Waals surface area contributed by atoms with Gasteiger partial charge in [-0.3, -0.25) is 9.88 Å². The van der Waals surface area contributed by atoms with Crippen molar-refractivity contribution in [3.63, 3.8) is 0 Å². The smallest absolute Gasteiger partial charge is 0.0674 e. The Morgan fingerprint density at radius 1 is 1.67 bits per heavy atom. The van der Waals surface area contributed by atoms with E-state index in [0.717, 1.165) is 37.5 Å². The fraction of sp³-hybridized carbons (Fsp3) is 0.545. The van der Waals surface area contributed by atoms with E-state index in [4.69, 9.17) is 10.5 Å². The molecule has 1 atom stereocenters. The highest BCUT2D eigenvalue weighted by Crippen LogP contribution is 2.14. The summed E-state index contributed by atoms with van der Waals surface area (Å²) in [5.74, 6) is 0. The number of nitrogens with zero attached hydrogens (tertiary/aromatic N) is 2. The average Bonchev–Trinajstić information content (AvgIpc) is 2.22. The molecule has 0 aliphatic carbocycles. The summed E-state index contributed by atoms with van der Waals surface area (Å²) in [4.78, 5) is 6.35. The molecule has 1 aliphatic rings. The number of ether oxygens (including phenoxy) is 1. The van der Waals surface area contributed by atoms with Crippen LogP contribution in [0.2, 0.25) is 0 Å². The molecule has 1 aromatic heterocycles. The molecule has 2 N–H and O–H groups in total. The molecule has 1 aliphatic heterocycles. The second-order valence-corrected chi connectivity index (χ2v) is 3.99. The van der Waals surface area contributed by atoms with Crippen LogP contribution in [0, 0.1) is 0 Å². The first-order valence-corrected chi connectivity index (χ1v) is 5.28. The molecule has 15 heavy (non-hydrogen) atoms. The SMILES string of the molecule is CC1CN(Cc2ccncc2N)CCO1. The molecule has 0 bridgehead atoms. The lowest BCUT2D eigenvalue weighted by Crippen LogP contribution is -2.40. The Balaban J connectivity index is 1.99. The standard InChI is InChI=1S/C11H17N3O/c1-9-7-14(4-5-15-9)8-10-2-3-13-6-11(10)12/h2-3,6,9H,4-5,7-8,12H2,1H3. The first-order valence-electron chi connectivity index (χ1n) is 5.28. The Labute approximate surface area is 90.0 Å². The first kappa shape index (κ1) is 10.4. The van der Waals surface area contributed by atoms with Gasteiger partial charge in [-0.2, -0.15) is 0 Å². The summed E-state index contributed by atoms with van der Waals surface area (Å²) in [6.07, 6.45) is 3.82. The van der Waals surface area contributed by atoms with Gasteiger partial charge in [-0.25, -0.2) is 0 Å². The number of hydrogen-bond acceptors (Lipinski definition) is 4. The minimum absolute atomic E-state index is 0.321. The normalized spacial score (nSPS) is 22.9. The quantitative estimate of drug-likeness (QED) is 0.782. The van der Waals surface area contributed by atoms with Crippen molar-refractivity contribution < 1.29 is 4.74 Å². The summed E-state index contributed by atoms with van der Waals surface area (Å²) in [6.45, 7) is 5.75. The predicted octanol–water partition coefficient (Wildman–Crippen LogP) is 0.885. The molecule has 82 valence electrons. The maximum Gasteiger partial charge on any atom is 0.0674 e. The number of morpholine rings is 1. The zero-order chi connectivity index (χ0) is 10.7. The van der Waals surface area contributed by atoms with Crippen LogP contribution in [0.5, 0.6) is 0 Å². The van der Waals surface area contributed by atoms with Gasteiger partial charge < -0.3 is 10.5 Å². The number of anilines is 1. The fourth-order valence-electron chi connectivity index (χ4n) is 1.85. The van der Waals surface area contributed by atoms with E-state index in [1.165, 1.54) is 0 Å². The number of nitrogens with two attached hydrogens (primary N) is 1. The van der Waals surface area contributed by atoms with Crippen molar-refractivity contribution >= 4 is 5.69 Å². The summed E-state index contributed by atoms with van der Waals surface area (Å²) in [6, 6.07) is 1.98. The van der Waals surface area contributed by atoms with Gasteiger partial charge in [0, 0.05) is 25.8 Å². The van der Waals surface area contributed by atoms with Crippen molar-refractivity contribution in [3.05, 3.63) is 24.0 Å². The van der Waals surface area contributed by atoms with Gasteiger partial charge in [0.2, 0.25) is 0 Å². The number of rotatable bonds is 2. The van der Waals surface area contributed by atoms with E-state index in [9.17, 15) is 0 Å². The van der Waals surface area contributed by atoms with Crippen LogP contribution >= 0.6 is 0 Å². The van der Waals surface area contributed by atoms with E-state index >= 15 is 0 Å². The Hall–Kier alpha value is -1.13. The maximum absolute atomic E-state index is 5.85. The molecule has 1 unspecified atom stereocenters. The van der Waals surface area contributed by atoms with Crippen molar-refractivity contribution in [1.29, 1.82) is 0 Å². The second kappa shape index (κ2) is 4.59. The van der Waals surface area contributed by atoms with E-state index in [-0.39, 0.29) is 0 Å². The molecule has 0 saturated carbocycles. The van der Waals surface area contributed by atoms with Gasteiger partial charge in [-0.15, -0.1) is 0 Å². The summed E-state index contributed by atoms with van der Waals surface area (Å²) < 4.78 is 5.49. The predicted molar refractivity (Wildman–Crippen MR) is 59.3 cm³/mol. The molecule has 1 fully saturated rings. The zero-order valence-corrected chi connectivity index (χ0v) is 9.02. The van der Waals surface area contributed by atoms with Crippen LogP contribution in [0.1, 0.15) is 12.5 Å². The molecule has 2 heterocycles. The van der Waals surface area contributed by atoms with Crippen LogP contribution < -0.4 is 5.73 Å². The van der Waals surface area contributed by atoms with Crippen molar-refractivity contribution in [2.45, 2.75) is 19.6 Å². The van der Waals surface area contributed by atoms with Crippen LogP contribution in [0.15, 0.2) is 18.5 Å². The Kier molecular flexibility index (Phi) is 3.18. The first-order chi connectivity index (χ1) is 7.25. The highest BCUT2D eigenvalue weighted by atomic mass is 16.5. The molecule has 0 aromatic carbocycles. The topological polar surface area (TPSA) is 51.4 Å². The van der Waals surface area contributed by atoms with Crippen molar-refractivity contribution in [3.8, 4) is 0 Å². The number of aromatic nitrogens is 1. The van der Waals surface area contributed by atoms with Crippen molar-refractivity contribution in [2.75, 3.05) is 25.4 Å². The van der Waals surface area contributed by atoms with Gasteiger partial charge in [0.05, 0.1) is 24.6 Å². The molecule has 0 radical (unpaired) electrons. The highest BCUT2D eigenvalue weighted by Gasteiger charge is 2.17. The lowest BCUT2D eigenvalue weighted by atomic mass is 10.2. The highest BCUT2D eigenvalue weighted by molar-refractivity contribution is 5.43. The molecule has 0 spiro atoms. The van der Waals surface area contributed by atoms with Crippen LogP contribution in [-0.4, -0.2) is 35.7 Å². The number of hydrogen-bond donors (Lipinski definition) is 1. The summed E-state index contributed by atoms with van der Waals surface area (Å²) in [5, 5.41) is 0. The monoisotopic (exact) mass is 207 g/mol. The zero-order valence-electron chi connectivity index (χ0n) is 9.02. The minimum Gasteiger partial charge on any atom is -0.397 e. The van der Waals surface area contributed by atoms with E-state index in [1.807, 2.05) is 6.07 Å². The van der Waals surface area contributed by atoms with Gasteiger partial charge >= 0.3 is 0 Å². The van der Waals surface area contributed by atoms with E-state index in [0.29, 0.717) is 6.10 Å². The summed E-state index contributed by atoms with van der Waals surface area (Å²) in [5.41, 5.74) is 7.78. The van der Waals surface area contributed by atoms with Gasteiger partial charge in [0.25, 0.3) is 0 Å². The number of pyridine rings is 1. The molecule has 1 saturated heterocycles. The van der Waals surface area contributed by atoms with Crippen LogP contribution in [-0.2, 0) is 11.3 Å². The van der Waals surface area contributed by atoms with Crippen LogP contribution in [0.3, 0.4) is 0 Å². The van der Waals surface area contributed by atoms with Gasteiger partial charge in [0.1, 0.15) is 0 Å². The molecular weight excluding hydrogens is 190 g/mol. The molecule has 0 amide bonds. The Morgan fingerprint density at radius 2 is 2.53 bits per heavy atom. The van der Waals surface area contributed by atoms with Crippen molar-refractivity contribution in [2.24, 2.45) is 0 Å². The van der Waals surface area contributed by atoms with E-state index in [2.05, 4.69) is 16.8 Å². The lowest BCUT2D eigenvalue weighted by Gasteiger charge is -2.31. The third kappa shape index (κ3) is 2.67. The maximum atomic E-state index is 5.85. The van der Waals surface area contributed by atoms with Crippen molar-refractivity contribution in [1.82, 2.24) is 9.88 Å². The largest absolute Gasteiger partial charge is 0.397 e. The summed E-state index contributed by atoms with van der Waals surface area (Å²) >= 11 is 0. The third-order valence-electron chi connectivity index (χ3n) is 2.67. The Morgan fingerprint density at radius 3 is 3.27 bits per heavy atom. The van der Waals surface area contributed by atoms with Crippen LogP contribution in [0.4, 0.5) is 5.69 Å². The molecule has 1 aromatic rings. The van der Waals surface area contributed by atoms with Gasteiger partial charge in [-0.1, -0.05) is 0 Å². The number of nitrogen functional groups attached to an aromatic ring is 1. The molecular formula is C11H17N3O. The summed E-state index contributed by atoms with van der Waals surface area (Å²) in [7, 11) is 0. The molecule has 2 rings (SSSR count). The van der Waals surface area contributed by atoms with E-state index < -0.39 is 0 Å². The van der Waals surface area contributed by atoms with E-state index in [1.54, 1.807) is 12.4 Å². The average molecular weight is 207 g/mol. The molecule has 4 nitrogen and oxygen atoms in total. The Bertz CT molecular complexity index is 329. The third-order valence-corrected chi connectivity index (χ3v) is 2.67. The minimum atomic E-state index is 0.321. The van der Waals surface area contributed by atoms with Crippen LogP contribution in [0.25, 0.3) is 0 Å². The fourth-order valence-corrected chi connectivity index (χ4v) is 1.85. The second-order valence-electron chi connectivity index (χ2n) is 3.99. The van der Waals surface area contributed by atoms with Gasteiger partial charge in [-0.05, 0) is 18.6 Å². The van der Waals surface area contributed by atoms with Gasteiger partial charge in [0.15, 0.2) is 0 Å².